The van der Waals surface area contributed by atoms with E-state index in [9.17, 15) is 22.8 Å². The minimum atomic E-state index is -4.49. The molecule has 142 valence electrons. The van der Waals surface area contributed by atoms with E-state index in [1.54, 1.807) is 24.3 Å². The van der Waals surface area contributed by atoms with Crippen LogP contribution < -0.4 is 0 Å². The molecule has 1 fully saturated rings. The van der Waals surface area contributed by atoms with Crippen LogP contribution in [0.4, 0.5) is 13.2 Å². The van der Waals surface area contributed by atoms with Gasteiger partial charge in [0.1, 0.15) is 0 Å². The predicted octanol–water partition coefficient (Wildman–Crippen LogP) is 5.09. The molecule has 7 heteroatoms. The third kappa shape index (κ3) is 4.50. The lowest BCUT2D eigenvalue weighted by molar-refractivity contribution is -0.137. The molecule has 0 radical (unpaired) electrons. The fourth-order valence-corrected chi connectivity index (χ4v) is 3.33. The molecule has 2 aromatic carbocycles. The van der Waals surface area contributed by atoms with Crippen LogP contribution in [0.15, 0.2) is 48.5 Å². The van der Waals surface area contributed by atoms with Gasteiger partial charge in [0.2, 0.25) is 0 Å². The van der Waals surface area contributed by atoms with Crippen molar-refractivity contribution < 1.29 is 22.8 Å². The van der Waals surface area contributed by atoms with Crippen LogP contribution in [-0.4, -0.2) is 29.7 Å². The monoisotopic (exact) mass is 395 g/mol. The van der Waals surface area contributed by atoms with Crippen LogP contribution in [0, 0.1) is 5.92 Å². The van der Waals surface area contributed by atoms with Gasteiger partial charge in [0.05, 0.1) is 5.56 Å². The minimum absolute atomic E-state index is 0.00201. The molecular weight excluding hydrogens is 379 g/mol. The first-order valence-corrected chi connectivity index (χ1v) is 8.90. The molecule has 1 aliphatic heterocycles. The van der Waals surface area contributed by atoms with Crippen molar-refractivity contribution in [1.82, 2.24) is 4.90 Å². The van der Waals surface area contributed by atoms with Crippen molar-refractivity contribution >= 4 is 23.3 Å². The molecule has 0 atom stereocenters. The normalized spacial score (nSPS) is 15.6. The zero-order valence-electron chi connectivity index (χ0n) is 14.3. The lowest BCUT2D eigenvalue weighted by Crippen LogP contribution is -2.40. The third-order valence-electron chi connectivity index (χ3n) is 4.72. The molecule has 0 bridgehead atoms. The lowest BCUT2D eigenvalue weighted by atomic mass is 9.88. The van der Waals surface area contributed by atoms with E-state index in [4.69, 9.17) is 11.6 Å². The summed E-state index contributed by atoms with van der Waals surface area (Å²) in [5, 5.41) is 0.549. The average molecular weight is 396 g/mol. The SMILES string of the molecule is O=C(c1ccc(Cl)cc1)C1CCN(C(=O)c2cccc(C(F)(F)F)c2)CC1. The number of carbonyl (C=O) groups is 2. The number of hydrogen-bond donors (Lipinski definition) is 0. The fourth-order valence-electron chi connectivity index (χ4n) is 3.21. The van der Waals surface area contributed by atoms with Gasteiger partial charge in [-0.15, -0.1) is 0 Å². The first kappa shape index (κ1) is 19.4. The van der Waals surface area contributed by atoms with Crippen LogP contribution in [0.1, 0.15) is 39.1 Å². The van der Waals surface area contributed by atoms with Gasteiger partial charge in [0, 0.05) is 35.2 Å². The van der Waals surface area contributed by atoms with Crippen LogP contribution in [0.2, 0.25) is 5.02 Å². The first-order valence-electron chi connectivity index (χ1n) is 8.52. The molecule has 2 aromatic rings. The Morgan fingerprint density at radius 1 is 0.963 bits per heavy atom. The van der Waals surface area contributed by atoms with Crippen LogP contribution in [0.5, 0.6) is 0 Å². The zero-order valence-corrected chi connectivity index (χ0v) is 15.1. The van der Waals surface area contributed by atoms with Gasteiger partial charge in [-0.1, -0.05) is 17.7 Å². The molecule has 0 saturated carbocycles. The molecule has 1 amide bonds. The third-order valence-corrected chi connectivity index (χ3v) is 4.97. The predicted molar refractivity (Wildman–Crippen MR) is 95.9 cm³/mol. The number of alkyl halides is 3. The molecule has 0 unspecified atom stereocenters. The largest absolute Gasteiger partial charge is 0.416 e. The van der Waals surface area contributed by atoms with Crippen molar-refractivity contribution in [3.8, 4) is 0 Å². The van der Waals surface area contributed by atoms with Gasteiger partial charge in [0.15, 0.2) is 5.78 Å². The molecule has 3 rings (SSSR count). The smallest absolute Gasteiger partial charge is 0.339 e. The van der Waals surface area contributed by atoms with E-state index < -0.39 is 17.6 Å². The number of hydrogen-bond acceptors (Lipinski definition) is 2. The summed E-state index contributed by atoms with van der Waals surface area (Å²) in [5.41, 5.74) is -0.268. The van der Waals surface area contributed by atoms with Crippen molar-refractivity contribution in [2.24, 2.45) is 5.92 Å². The summed E-state index contributed by atoms with van der Waals surface area (Å²) in [4.78, 5) is 26.6. The van der Waals surface area contributed by atoms with E-state index in [0.29, 0.717) is 36.5 Å². The highest BCUT2D eigenvalue weighted by atomic mass is 35.5. The number of benzene rings is 2. The number of Topliss-reactive ketones (excluding diaryl/α,β-unsaturated/α-hetero) is 1. The summed E-state index contributed by atoms with van der Waals surface area (Å²) in [6.07, 6.45) is -3.54. The van der Waals surface area contributed by atoms with Gasteiger partial charge in [-0.25, -0.2) is 0 Å². The average Bonchev–Trinajstić information content (AvgIpc) is 2.67. The van der Waals surface area contributed by atoms with Crippen LogP contribution in [-0.2, 0) is 6.18 Å². The molecular formula is C20H17ClF3NO2. The number of halogens is 4. The topological polar surface area (TPSA) is 37.4 Å². The van der Waals surface area contributed by atoms with Crippen LogP contribution in [0.25, 0.3) is 0 Å². The second kappa shape index (κ2) is 7.72. The molecule has 27 heavy (non-hydrogen) atoms. The van der Waals surface area contributed by atoms with E-state index in [1.165, 1.54) is 17.0 Å². The van der Waals surface area contributed by atoms with E-state index in [0.717, 1.165) is 12.1 Å². The number of carbonyl (C=O) groups excluding carboxylic acids is 2. The summed E-state index contributed by atoms with van der Waals surface area (Å²) in [6, 6.07) is 11.1. The maximum absolute atomic E-state index is 12.8. The zero-order chi connectivity index (χ0) is 19.6. The number of piperidine rings is 1. The molecule has 0 N–H and O–H groups in total. The fraction of sp³-hybridized carbons (Fsp3) is 0.300. The molecule has 0 aliphatic carbocycles. The van der Waals surface area contributed by atoms with Crippen molar-refractivity contribution in [3.05, 3.63) is 70.2 Å². The number of nitrogens with zero attached hydrogens (tertiary/aromatic N) is 1. The van der Waals surface area contributed by atoms with Crippen molar-refractivity contribution in [3.63, 3.8) is 0 Å². The Labute approximate surface area is 159 Å². The first-order chi connectivity index (χ1) is 12.8. The van der Waals surface area contributed by atoms with E-state index in [2.05, 4.69) is 0 Å². The Morgan fingerprint density at radius 3 is 2.19 bits per heavy atom. The highest BCUT2D eigenvalue weighted by Gasteiger charge is 2.32. The highest BCUT2D eigenvalue weighted by molar-refractivity contribution is 6.30. The Hall–Kier alpha value is -2.34. The Bertz CT molecular complexity index is 841. The van der Waals surface area contributed by atoms with Gasteiger partial charge >= 0.3 is 6.18 Å². The summed E-state index contributed by atoms with van der Waals surface area (Å²) >= 11 is 5.83. The Kier molecular flexibility index (Phi) is 5.56. The summed E-state index contributed by atoms with van der Waals surface area (Å²) in [7, 11) is 0. The molecule has 3 nitrogen and oxygen atoms in total. The summed E-state index contributed by atoms with van der Waals surface area (Å²) in [5.74, 6) is -0.659. The van der Waals surface area contributed by atoms with Crippen molar-refractivity contribution in [1.29, 1.82) is 0 Å². The van der Waals surface area contributed by atoms with Gasteiger partial charge in [-0.05, 0) is 55.3 Å². The maximum atomic E-state index is 12.8. The molecule has 1 saturated heterocycles. The van der Waals surface area contributed by atoms with Crippen LogP contribution in [0.3, 0.4) is 0 Å². The molecule has 1 heterocycles. The van der Waals surface area contributed by atoms with E-state index in [1.807, 2.05) is 0 Å². The highest BCUT2D eigenvalue weighted by Crippen LogP contribution is 2.30. The molecule has 0 aromatic heterocycles. The quantitative estimate of drug-likeness (QED) is 0.678. The Morgan fingerprint density at radius 2 is 1.59 bits per heavy atom. The van der Waals surface area contributed by atoms with Crippen LogP contribution >= 0.6 is 11.6 Å². The minimum Gasteiger partial charge on any atom is -0.339 e. The number of ketones is 1. The second-order valence-electron chi connectivity index (χ2n) is 6.52. The van der Waals surface area contributed by atoms with Gasteiger partial charge < -0.3 is 4.90 Å². The summed E-state index contributed by atoms with van der Waals surface area (Å²) in [6.45, 7) is 0.665. The maximum Gasteiger partial charge on any atom is 0.416 e. The number of likely N-dealkylation sites (tertiary alicyclic amines) is 1. The van der Waals surface area contributed by atoms with E-state index >= 15 is 0 Å². The number of amides is 1. The second-order valence-corrected chi connectivity index (χ2v) is 6.95. The van der Waals surface area contributed by atoms with Crippen molar-refractivity contribution in [2.45, 2.75) is 19.0 Å². The molecule has 0 spiro atoms. The summed E-state index contributed by atoms with van der Waals surface area (Å²) < 4.78 is 38.5. The lowest BCUT2D eigenvalue weighted by Gasteiger charge is -2.31. The Balaban J connectivity index is 1.64. The standard InChI is InChI=1S/C20H17ClF3NO2/c21-17-6-4-13(5-7-17)18(26)14-8-10-25(11-9-14)19(27)15-2-1-3-16(12-15)20(22,23)24/h1-7,12,14H,8-11H2. The van der Waals surface area contributed by atoms with E-state index in [-0.39, 0.29) is 17.3 Å². The van der Waals surface area contributed by atoms with Gasteiger partial charge in [-0.3, -0.25) is 9.59 Å². The molecule has 1 aliphatic rings. The van der Waals surface area contributed by atoms with Gasteiger partial charge in [0.25, 0.3) is 5.91 Å². The van der Waals surface area contributed by atoms with Crippen molar-refractivity contribution in [2.75, 3.05) is 13.1 Å². The van der Waals surface area contributed by atoms with Gasteiger partial charge in [-0.2, -0.15) is 13.2 Å². The number of rotatable bonds is 3.